The first-order valence-corrected chi connectivity index (χ1v) is 11.4. The number of ether oxygens (including phenoxy) is 2. The lowest BCUT2D eigenvalue weighted by molar-refractivity contribution is -0.149. The van der Waals surface area contributed by atoms with Gasteiger partial charge in [0.05, 0.1) is 6.61 Å². The Morgan fingerprint density at radius 2 is 1.36 bits per heavy atom. The summed E-state index contributed by atoms with van der Waals surface area (Å²) < 4.78 is 11.4. The topological polar surface area (TPSA) is 35.5 Å². The maximum Gasteiger partial charge on any atom is 0.332 e. The second-order valence-corrected chi connectivity index (χ2v) is 8.68. The molecule has 3 heteroatoms. The van der Waals surface area contributed by atoms with Gasteiger partial charge in [-0.2, -0.15) is 0 Å². The van der Waals surface area contributed by atoms with Crippen molar-refractivity contribution in [2.75, 3.05) is 13.2 Å². The molecule has 33 heavy (non-hydrogen) atoms. The fraction of sp³-hybridized carbons (Fsp3) is 0.167. The number of carbonyl (C=O) groups is 1. The predicted octanol–water partition coefficient (Wildman–Crippen LogP) is 6.13. The molecule has 0 spiro atoms. The van der Waals surface area contributed by atoms with Gasteiger partial charge in [-0.05, 0) is 56.5 Å². The zero-order valence-corrected chi connectivity index (χ0v) is 18.3. The van der Waals surface area contributed by atoms with Gasteiger partial charge in [-0.15, -0.1) is 0 Å². The van der Waals surface area contributed by atoms with Crippen LogP contribution in [0.25, 0.3) is 22.3 Å². The Balaban J connectivity index is 1.08. The molecule has 4 aromatic carbocycles. The second-order valence-electron chi connectivity index (χ2n) is 8.68. The highest BCUT2D eigenvalue weighted by molar-refractivity contribution is 5.79. The molecule has 0 saturated carbocycles. The number of esters is 1. The minimum Gasteiger partial charge on any atom is -0.463 e. The van der Waals surface area contributed by atoms with Gasteiger partial charge in [0.15, 0.2) is 0 Å². The van der Waals surface area contributed by atoms with Crippen molar-refractivity contribution in [3.63, 3.8) is 0 Å². The molecule has 0 amide bonds. The van der Waals surface area contributed by atoms with Gasteiger partial charge in [0, 0.05) is 5.92 Å². The normalized spacial score (nSPS) is 13.2. The van der Waals surface area contributed by atoms with Crippen molar-refractivity contribution in [3.8, 4) is 22.3 Å². The molecule has 2 aliphatic carbocycles. The molecule has 0 aliphatic heterocycles. The first-order chi connectivity index (χ1) is 16.3. The van der Waals surface area contributed by atoms with Gasteiger partial charge < -0.3 is 9.47 Å². The molecule has 0 bridgehead atoms. The summed E-state index contributed by atoms with van der Waals surface area (Å²) in [6, 6.07) is 31.5. The number of benzene rings is 4. The summed E-state index contributed by atoms with van der Waals surface area (Å²) in [6.07, 6.45) is 0.913. The van der Waals surface area contributed by atoms with E-state index in [-0.39, 0.29) is 18.5 Å². The lowest BCUT2D eigenvalue weighted by atomic mass is 9.98. The van der Waals surface area contributed by atoms with Crippen molar-refractivity contribution >= 4 is 5.97 Å². The van der Waals surface area contributed by atoms with Crippen molar-refractivity contribution in [2.24, 2.45) is 0 Å². The van der Waals surface area contributed by atoms with Crippen molar-refractivity contribution in [1.29, 1.82) is 0 Å². The third kappa shape index (κ3) is 3.55. The molecular formula is C30H24O3. The lowest BCUT2D eigenvalue weighted by Gasteiger charge is -2.14. The van der Waals surface area contributed by atoms with E-state index in [1.54, 1.807) is 0 Å². The molecule has 0 heterocycles. The van der Waals surface area contributed by atoms with Crippen LogP contribution < -0.4 is 0 Å². The van der Waals surface area contributed by atoms with Gasteiger partial charge in [-0.1, -0.05) is 91.0 Å². The van der Waals surface area contributed by atoms with E-state index in [9.17, 15) is 4.79 Å². The van der Waals surface area contributed by atoms with Crippen LogP contribution in [0.1, 0.15) is 33.7 Å². The summed E-state index contributed by atoms with van der Waals surface area (Å²) in [5.41, 5.74) is 11.2. The van der Waals surface area contributed by atoms with E-state index in [1.165, 1.54) is 44.5 Å². The van der Waals surface area contributed by atoms with E-state index < -0.39 is 0 Å². The lowest BCUT2D eigenvalue weighted by Crippen LogP contribution is -2.17. The highest BCUT2D eigenvalue weighted by atomic mass is 16.6. The molecule has 2 aliphatic rings. The molecule has 0 fully saturated rings. The van der Waals surface area contributed by atoms with Crippen LogP contribution in [0.4, 0.5) is 0 Å². The van der Waals surface area contributed by atoms with Gasteiger partial charge in [0.25, 0.3) is 0 Å². The average molecular weight is 433 g/mol. The largest absolute Gasteiger partial charge is 0.463 e. The number of hydrogen-bond donors (Lipinski definition) is 0. The molecule has 6 rings (SSSR count). The quantitative estimate of drug-likeness (QED) is 0.303. The van der Waals surface area contributed by atoms with E-state index in [1.807, 2.05) is 12.1 Å². The van der Waals surface area contributed by atoms with Crippen LogP contribution in [0.2, 0.25) is 0 Å². The van der Waals surface area contributed by atoms with E-state index in [0.29, 0.717) is 13.2 Å². The Morgan fingerprint density at radius 1 is 0.727 bits per heavy atom. The van der Waals surface area contributed by atoms with Crippen LogP contribution >= 0.6 is 0 Å². The van der Waals surface area contributed by atoms with Crippen LogP contribution in [-0.2, 0) is 27.3 Å². The Hall–Kier alpha value is -3.69. The molecule has 162 valence electrons. The summed E-state index contributed by atoms with van der Waals surface area (Å²) in [7, 11) is 0. The van der Waals surface area contributed by atoms with E-state index in [4.69, 9.17) is 9.47 Å². The first kappa shape index (κ1) is 20.0. The van der Waals surface area contributed by atoms with Gasteiger partial charge in [0.2, 0.25) is 0 Å². The fourth-order valence-corrected chi connectivity index (χ4v) is 5.26. The van der Waals surface area contributed by atoms with Crippen LogP contribution in [0, 0.1) is 0 Å². The molecule has 3 nitrogen and oxygen atoms in total. The van der Waals surface area contributed by atoms with Gasteiger partial charge >= 0.3 is 5.97 Å². The maximum atomic E-state index is 12.5. The Kier molecular flexibility index (Phi) is 5.04. The Bertz CT molecular complexity index is 1310. The smallest absolute Gasteiger partial charge is 0.332 e. The van der Waals surface area contributed by atoms with Crippen molar-refractivity contribution in [1.82, 2.24) is 0 Å². The van der Waals surface area contributed by atoms with Gasteiger partial charge in [-0.3, -0.25) is 0 Å². The maximum absolute atomic E-state index is 12.5. The Labute approximate surface area is 193 Å². The molecular weight excluding hydrogens is 408 g/mol. The minimum atomic E-state index is -0.326. The third-order valence-corrected chi connectivity index (χ3v) is 6.80. The van der Waals surface area contributed by atoms with Crippen molar-refractivity contribution in [3.05, 3.63) is 119 Å². The SMILES string of the molecule is O=C(COCc1cccc2c1Cc1ccccc1-2)OCC1c2ccccc2-c2ccccc21. The molecule has 0 N–H and O–H groups in total. The fourth-order valence-electron chi connectivity index (χ4n) is 5.26. The number of fused-ring (bicyclic) bond motifs is 6. The third-order valence-electron chi connectivity index (χ3n) is 6.80. The van der Waals surface area contributed by atoms with Crippen LogP contribution in [-0.4, -0.2) is 19.2 Å². The van der Waals surface area contributed by atoms with Crippen LogP contribution in [0.5, 0.6) is 0 Å². The minimum absolute atomic E-state index is 0.0490. The molecule has 0 aromatic heterocycles. The molecule has 0 atom stereocenters. The van der Waals surface area contributed by atoms with Gasteiger partial charge in [0.1, 0.15) is 13.2 Å². The molecule has 0 radical (unpaired) electrons. The average Bonchev–Trinajstić information content (AvgIpc) is 3.39. The van der Waals surface area contributed by atoms with Crippen LogP contribution in [0.3, 0.4) is 0 Å². The summed E-state index contributed by atoms with van der Waals surface area (Å²) in [5, 5.41) is 0. The summed E-state index contributed by atoms with van der Waals surface area (Å²) in [4.78, 5) is 12.5. The number of hydrogen-bond acceptors (Lipinski definition) is 3. The van der Waals surface area contributed by atoms with Crippen molar-refractivity contribution < 1.29 is 14.3 Å². The highest BCUT2D eigenvalue weighted by Crippen LogP contribution is 2.44. The first-order valence-electron chi connectivity index (χ1n) is 11.4. The van der Waals surface area contributed by atoms with E-state index in [2.05, 4.69) is 78.9 Å². The molecule has 0 saturated heterocycles. The zero-order chi connectivity index (χ0) is 22.2. The van der Waals surface area contributed by atoms with Gasteiger partial charge in [-0.25, -0.2) is 4.79 Å². The van der Waals surface area contributed by atoms with E-state index >= 15 is 0 Å². The summed E-state index contributed by atoms with van der Waals surface area (Å²) in [6.45, 7) is 0.681. The summed E-state index contributed by atoms with van der Waals surface area (Å²) >= 11 is 0. The predicted molar refractivity (Wildman–Crippen MR) is 129 cm³/mol. The monoisotopic (exact) mass is 432 g/mol. The highest BCUT2D eigenvalue weighted by Gasteiger charge is 2.29. The van der Waals surface area contributed by atoms with Crippen LogP contribution in [0.15, 0.2) is 91.0 Å². The number of carbonyl (C=O) groups excluding carboxylic acids is 1. The Morgan fingerprint density at radius 3 is 2.12 bits per heavy atom. The zero-order valence-electron chi connectivity index (χ0n) is 18.3. The van der Waals surface area contributed by atoms with E-state index in [0.717, 1.165) is 12.0 Å². The standard InChI is InChI=1S/C30H24O3/c31-30(33-18-29-26-13-5-3-11-24(26)25-12-4-6-14-27(25)29)19-32-17-21-9-7-15-23-22-10-2-1-8-20(22)16-28(21)23/h1-15,29H,16-19H2. The van der Waals surface area contributed by atoms with Crippen molar-refractivity contribution in [2.45, 2.75) is 18.9 Å². The molecule has 4 aromatic rings. The second kappa shape index (κ2) is 8.34. The summed E-state index contributed by atoms with van der Waals surface area (Å²) in [5.74, 6) is -0.259. The molecule has 0 unspecified atom stereocenters. The number of rotatable bonds is 6.